The van der Waals surface area contributed by atoms with Crippen molar-refractivity contribution < 1.29 is 9.59 Å². The lowest BCUT2D eigenvalue weighted by Gasteiger charge is -2.28. The number of aryl methyl sites for hydroxylation is 2. The highest BCUT2D eigenvalue weighted by Crippen LogP contribution is 2.17. The molecule has 1 N–H and O–H groups in total. The van der Waals surface area contributed by atoms with Gasteiger partial charge in [0.25, 0.3) is 0 Å². The van der Waals surface area contributed by atoms with Gasteiger partial charge in [0.1, 0.15) is 6.04 Å². The van der Waals surface area contributed by atoms with Gasteiger partial charge < -0.3 is 10.2 Å². The molecule has 0 saturated carbocycles. The Morgan fingerprint density at radius 1 is 1.04 bits per heavy atom. The fraction of sp³-hybridized carbons (Fsp3) is 0.391. The van der Waals surface area contributed by atoms with E-state index in [1.54, 1.807) is 30.6 Å². The van der Waals surface area contributed by atoms with Gasteiger partial charge in [-0.05, 0) is 38.3 Å². The largest absolute Gasteiger partial charge is 0.357 e. The molecule has 0 radical (unpaired) electrons. The quantitative estimate of drug-likeness (QED) is 0.700. The molecule has 0 aliphatic rings. The second-order valence-corrected chi connectivity index (χ2v) is 8.09. The number of benzene rings is 2. The minimum absolute atomic E-state index is 0.00130. The summed E-state index contributed by atoms with van der Waals surface area (Å²) in [5, 5.41) is 2.65. The first-order valence-electron chi connectivity index (χ1n) is 9.60. The molecule has 2 rings (SSSR count). The SMILES string of the molecule is CNC(=O)C(C)N(CCc1ccccc1)C(=O)CSCc1cc(C)cc(C)c1. The van der Waals surface area contributed by atoms with Crippen LogP contribution in [0.25, 0.3) is 0 Å². The summed E-state index contributed by atoms with van der Waals surface area (Å²) in [6.07, 6.45) is 0.732. The predicted molar refractivity (Wildman–Crippen MR) is 117 cm³/mol. The van der Waals surface area contributed by atoms with Crippen molar-refractivity contribution in [2.45, 2.75) is 39.0 Å². The number of nitrogens with zero attached hydrogens (tertiary/aromatic N) is 1. The van der Waals surface area contributed by atoms with Crippen LogP contribution in [0.1, 0.15) is 29.2 Å². The van der Waals surface area contributed by atoms with Gasteiger partial charge in [-0.3, -0.25) is 9.59 Å². The van der Waals surface area contributed by atoms with Gasteiger partial charge in [-0.1, -0.05) is 59.7 Å². The van der Waals surface area contributed by atoms with Crippen LogP contribution in [0.2, 0.25) is 0 Å². The zero-order valence-electron chi connectivity index (χ0n) is 17.2. The maximum atomic E-state index is 12.9. The number of carbonyl (C=O) groups excluding carboxylic acids is 2. The van der Waals surface area contributed by atoms with Crippen LogP contribution in [-0.2, 0) is 21.8 Å². The Bertz CT molecular complexity index is 772. The molecule has 0 spiro atoms. The molecule has 0 aliphatic carbocycles. The van der Waals surface area contributed by atoms with Gasteiger partial charge in [0.05, 0.1) is 5.75 Å². The van der Waals surface area contributed by atoms with Crippen LogP contribution < -0.4 is 5.32 Å². The Labute approximate surface area is 172 Å². The third kappa shape index (κ3) is 6.71. The molecule has 2 aromatic carbocycles. The highest BCUT2D eigenvalue weighted by atomic mass is 32.2. The summed E-state index contributed by atoms with van der Waals surface area (Å²) in [6, 6.07) is 16.0. The average molecular weight is 399 g/mol. The van der Waals surface area contributed by atoms with Crippen LogP contribution in [0.4, 0.5) is 0 Å². The van der Waals surface area contributed by atoms with E-state index in [0.717, 1.165) is 17.7 Å². The van der Waals surface area contributed by atoms with E-state index in [0.29, 0.717) is 12.3 Å². The minimum Gasteiger partial charge on any atom is -0.357 e. The number of carbonyl (C=O) groups is 2. The van der Waals surface area contributed by atoms with Crippen LogP contribution in [0.15, 0.2) is 48.5 Å². The van der Waals surface area contributed by atoms with Gasteiger partial charge in [-0.25, -0.2) is 0 Å². The highest BCUT2D eigenvalue weighted by molar-refractivity contribution is 7.99. The summed E-state index contributed by atoms with van der Waals surface area (Å²) >= 11 is 1.60. The van der Waals surface area contributed by atoms with Crippen molar-refractivity contribution in [2.75, 3.05) is 19.3 Å². The van der Waals surface area contributed by atoms with Crippen LogP contribution in [0, 0.1) is 13.8 Å². The molecule has 5 heteroatoms. The third-order valence-corrected chi connectivity index (χ3v) is 5.66. The Kier molecular flexibility index (Phi) is 8.58. The highest BCUT2D eigenvalue weighted by Gasteiger charge is 2.24. The topological polar surface area (TPSA) is 49.4 Å². The Morgan fingerprint density at radius 2 is 1.68 bits per heavy atom. The second-order valence-electron chi connectivity index (χ2n) is 7.10. The van der Waals surface area contributed by atoms with Gasteiger partial charge in [0, 0.05) is 19.3 Å². The molecule has 4 nitrogen and oxygen atoms in total. The average Bonchev–Trinajstić information content (AvgIpc) is 2.67. The molecule has 0 saturated heterocycles. The number of amides is 2. The molecule has 0 bridgehead atoms. The summed E-state index contributed by atoms with van der Waals surface area (Å²) in [4.78, 5) is 26.7. The van der Waals surface area contributed by atoms with E-state index in [9.17, 15) is 9.59 Å². The van der Waals surface area contributed by atoms with E-state index < -0.39 is 6.04 Å². The summed E-state index contributed by atoms with van der Waals surface area (Å²) in [6.45, 7) is 6.49. The minimum atomic E-state index is -0.483. The third-order valence-electron chi connectivity index (χ3n) is 4.67. The van der Waals surface area contributed by atoms with Crippen LogP contribution in [-0.4, -0.2) is 42.1 Å². The van der Waals surface area contributed by atoms with Gasteiger partial charge in [0.15, 0.2) is 0 Å². The molecule has 150 valence electrons. The summed E-state index contributed by atoms with van der Waals surface area (Å²) in [5.74, 6) is 1.01. The lowest BCUT2D eigenvalue weighted by molar-refractivity contribution is -0.137. The van der Waals surface area contributed by atoms with Crippen molar-refractivity contribution in [3.63, 3.8) is 0 Å². The fourth-order valence-corrected chi connectivity index (χ4v) is 4.12. The number of rotatable bonds is 9. The van der Waals surface area contributed by atoms with E-state index in [2.05, 4.69) is 37.4 Å². The molecule has 0 heterocycles. The van der Waals surface area contributed by atoms with Crippen molar-refractivity contribution in [3.8, 4) is 0 Å². The molecular formula is C23H30N2O2S. The fourth-order valence-electron chi connectivity index (χ4n) is 3.27. The van der Waals surface area contributed by atoms with E-state index >= 15 is 0 Å². The number of likely N-dealkylation sites (N-methyl/N-ethyl adjacent to an activating group) is 1. The first-order valence-corrected chi connectivity index (χ1v) is 10.8. The van der Waals surface area contributed by atoms with Gasteiger partial charge in [-0.2, -0.15) is 0 Å². The normalized spacial score (nSPS) is 11.7. The smallest absolute Gasteiger partial charge is 0.242 e. The van der Waals surface area contributed by atoms with Crippen molar-refractivity contribution in [1.82, 2.24) is 10.2 Å². The van der Waals surface area contributed by atoms with Gasteiger partial charge in [-0.15, -0.1) is 11.8 Å². The van der Waals surface area contributed by atoms with Crippen molar-refractivity contribution in [1.29, 1.82) is 0 Å². The summed E-state index contributed by atoms with van der Waals surface area (Å²) in [5.41, 5.74) is 4.86. The zero-order chi connectivity index (χ0) is 20.5. The van der Waals surface area contributed by atoms with Gasteiger partial charge >= 0.3 is 0 Å². The molecular weight excluding hydrogens is 368 g/mol. The molecule has 28 heavy (non-hydrogen) atoms. The number of thioether (sulfide) groups is 1. The molecule has 1 atom stereocenters. The maximum absolute atomic E-state index is 12.9. The number of nitrogens with one attached hydrogen (secondary N) is 1. The lowest BCUT2D eigenvalue weighted by atomic mass is 10.1. The monoisotopic (exact) mass is 398 g/mol. The molecule has 0 aromatic heterocycles. The van der Waals surface area contributed by atoms with E-state index in [4.69, 9.17) is 0 Å². The van der Waals surface area contributed by atoms with Crippen molar-refractivity contribution in [3.05, 3.63) is 70.8 Å². The van der Waals surface area contributed by atoms with Crippen molar-refractivity contribution >= 4 is 23.6 Å². The van der Waals surface area contributed by atoms with Crippen molar-refractivity contribution in [2.24, 2.45) is 0 Å². The van der Waals surface area contributed by atoms with E-state index in [1.165, 1.54) is 16.7 Å². The van der Waals surface area contributed by atoms with Crippen LogP contribution in [0.5, 0.6) is 0 Å². The molecule has 0 fully saturated rings. The molecule has 2 aromatic rings. The second kappa shape index (κ2) is 10.9. The van der Waals surface area contributed by atoms with E-state index in [1.807, 2.05) is 30.3 Å². The summed E-state index contributed by atoms with van der Waals surface area (Å²) in [7, 11) is 1.60. The van der Waals surface area contributed by atoms with E-state index in [-0.39, 0.29) is 11.8 Å². The zero-order valence-corrected chi connectivity index (χ0v) is 18.0. The predicted octanol–water partition coefficient (Wildman–Crippen LogP) is 3.74. The molecule has 2 amide bonds. The summed E-state index contributed by atoms with van der Waals surface area (Å²) < 4.78 is 0. The Balaban J connectivity index is 1.98. The lowest BCUT2D eigenvalue weighted by Crippen LogP contribution is -2.48. The van der Waals surface area contributed by atoms with Crippen LogP contribution >= 0.6 is 11.8 Å². The Morgan fingerprint density at radius 3 is 2.29 bits per heavy atom. The number of hydrogen-bond donors (Lipinski definition) is 1. The maximum Gasteiger partial charge on any atom is 0.242 e. The first-order chi connectivity index (χ1) is 13.4. The van der Waals surface area contributed by atoms with Crippen LogP contribution in [0.3, 0.4) is 0 Å². The number of hydrogen-bond acceptors (Lipinski definition) is 3. The van der Waals surface area contributed by atoms with Gasteiger partial charge in [0.2, 0.25) is 11.8 Å². The standard InChI is InChI=1S/C23H30N2O2S/c1-17-12-18(2)14-21(13-17)15-28-16-22(26)25(19(3)23(27)24-4)11-10-20-8-6-5-7-9-20/h5-9,12-14,19H,10-11,15-16H2,1-4H3,(H,24,27). The Hall–Kier alpha value is -2.27. The first kappa shape index (κ1) is 22.0. The molecule has 1 unspecified atom stereocenters. The molecule has 0 aliphatic heterocycles.